The van der Waals surface area contributed by atoms with Crippen LogP contribution in [-0.2, 0) is 20.4 Å². The number of rotatable bonds is 3. The summed E-state index contributed by atoms with van der Waals surface area (Å²) in [4.78, 5) is 9.24. The number of alkyl halides is 1. The van der Waals surface area contributed by atoms with Crippen molar-refractivity contribution >= 4 is 49.2 Å². The fourth-order valence-electron chi connectivity index (χ4n) is 2.04. The Hall–Kier alpha value is -1.31. The Bertz CT molecular complexity index is 862. The molecule has 0 bridgehead atoms. The quantitative estimate of drug-likeness (QED) is 0.783. The first kappa shape index (κ1) is 15.6. The zero-order valence-corrected chi connectivity index (χ0v) is 13.9. The zero-order chi connectivity index (χ0) is 16.0. The van der Waals surface area contributed by atoms with Crippen LogP contribution in [0, 0.1) is 0 Å². The number of hydrogen-bond acceptors (Lipinski definition) is 6. The molecule has 2 aromatic rings. The second kappa shape index (κ2) is 5.40. The summed E-state index contributed by atoms with van der Waals surface area (Å²) in [6.07, 6.45) is 0.130. The van der Waals surface area contributed by atoms with E-state index in [9.17, 15) is 8.42 Å². The molecule has 1 aliphatic heterocycles. The largest absolute Gasteiger partial charge is 0.440 e. The van der Waals surface area contributed by atoms with Crippen LogP contribution in [0.4, 0.5) is 0 Å². The van der Waals surface area contributed by atoms with Crippen LogP contribution >= 0.6 is 23.2 Å². The summed E-state index contributed by atoms with van der Waals surface area (Å²) >= 11 is 11.6. The normalized spacial score (nSPS) is 21.9. The highest BCUT2D eigenvalue weighted by molar-refractivity contribution is 8.05. The molecule has 0 radical (unpaired) electrons. The minimum Gasteiger partial charge on any atom is -0.440 e. The van der Waals surface area contributed by atoms with Crippen LogP contribution in [0.3, 0.4) is 0 Å². The maximum atomic E-state index is 12.4. The fourth-order valence-corrected chi connectivity index (χ4v) is 3.64. The van der Waals surface area contributed by atoms with E-state index in [-0.39, 0.29) is 29.0 Å². The Kier molecular flexibility index (Phi) is 3.82. The van der Waals surface area contributed by atoms with Gasteiger partial charge in [0.25, 0.3) is 0 Å². The molecule has 1 aromatic carbocycles. The number of oxazole rings is 1. The number of halogens is 2. The van der Waals surface area contributed by atoms with Crippen LogP contribution in [0.2, 0.25) is 5.02 Å². The van der Waals surface area contributed by atoms with E-state index in [1.807, 2.05) is 0 Å². The summed E-state index contributed by atoms with van der Waals surface area (Å²) in [5, 5.41) is 4.11. The third-order valence-electron chi connectivity index (χ3n) is 3.24. The molecule has 0 fully saturated rings. The summed E-state index contributed by atoms with van der Waals surface area (Å²) in [6, 6.07) is 4.90. The van der Waals surface area contributed by atoms with Gasteiger partial charge in [0.1, 0.15) is 11.3 Å². The molecule has 3 rings (SSSR count). The van der Waals surface area contributed by atoms with E-state index >= 15 is 0 Å². The number of hydrogen-bond donors (Lipinski definition) is 0. The molecule has 1 atom stereocenters. The van der Waals surface area contributed by atoms with Gasteiger partial charge < -0.3 is 9.25 Å². The van der Waals surface area contributed by atoms with Crippen molar-refractivity contribution in [2.45, 2.75) is 24.7 Å². The van der Waals surface area contributed by atoms with Gasteiger partial charge in [-0.05, 0) is 25.1 Å². The third kappa shape index (κ3) is 2.93. The highest BCUT2D eigenvalue weighted by Gasteiger charge is 2.39. The highest BCUT2D eigenvalue weighted by Crippen LogP contribution is 2.28. The first-order chi connectivity index (χ1) is 10.3. The maximum Gasteiger partial charge on any atom is 0.211 e. The molecule has 0 N–H and O–H groups in total. The second-order valence-corrected chi connectivity index (χ2v) is 8.01. The Morgan fingerprint density at radius 1 is 1.41 bits per heavy atom. The summed E-state index contributed by atoms with van der Waals surface area (Å²) in [6.45, 7) is 1.70. The van der Waals surface area contributed by atoms with Crippen molar-refractivity contribution in [3.63, 3.8) is 0 Å². The van der Waals surface area contributed by atoms with Crippen molar-refractivity contribution in [2.24, 2.45) is 5.16 Å². The van der Waals surface area contributed by atoms with Gasteiger partial charge in [0, 0.05) is 11.4 Å². The molecule has 0 saturated carbocycles. The lowest BCUT2D eigenvalue weighted by molar-refractivity contribution is 0.0152. The average molecular weight is 363 g/mol. The Labute approximate surface area is 137 Å². The molecule has 118 valence electrons. The van der Waals surface area contributed by atoms with E-state index in [1.165, 1.54) is 0 Å². The van der Waals surface area contributed by atoms with Gasteiger partial charge >= 0.3 is 0 Å². The first-order valence-electron chi connectivity index (χ1n) is 6.40. The van der Waals surface area contributed by atoms with Gasteiger partial charge in [-0.1, -0.05) is 16.8 Å². The van der Waals surface area contributed by atoms with Gasteiger partial charge in [-0.2, -0.15) is 0 Å². The van der Waals surface area contributed by atoms with Crippen LogP contribution in [0.1, 0.15) is 19.2 Å². The Morgan fingerprint density at radius 3 is 2.86 bits per heavy atom. The number of sulfone groups is 1. The van der Waals surface area contributed by atoms with Gasteiger partial charge in [-0.3, -0.25) is 0 Å². The van der Waals surface area contributed by atoms with Crippen LogP contribution in [0.25, 0.3) is 11.1 Å². The van der Waals surface area contributed by atoms with Crippen molar-refractivity contribution in [3.8, 4) is 0 Å². The average Bonchev–Trinajstić information content (AvgIpc) is 3.02. The van der Waals surface area contributed by atoms with E-state index in [0.717, 1.165) is 0 Å². The van der Waals surface area contributed by atoms with Crippen LogP contribution < -0.4 is 0 Å². The Balaban J connectivity index is 1.85. The lowest BCUT2D eigenvalue weighted by Crippen LogP contribution is -2.28. The van der Waals surface area contributed by atoms with E-state index in [2.05, 4.69) is 10.1 Å². The minimum atomic E-state index is -3.67. The molecular formula is C13H12Cl2N2O4S. The summed E-state index contributed by atoms with van der Waals surface area (Å²) in [7, 11) is -3.67. The van der Waals surface area contributed by atoms with Gasteiger partial charge in [-0.25, -0.2) is 13.4 Å². The summed E-state index contributed by atoms with van der Waals surface area (Å²) < 4.78 is 30.2. The molecule has 0 saturated heterocycles. The second-order valence-electron chi connectivity index (χ2n) is 5.32. The fraction of sp³-hybridized carbons (Fsp3) is 0.385. The van der Waals surface area contributed by atoms with Crippen molar-refractivity contribution in [1.82, 2.24) is 4.98 Å². The predicted octanol–water partition coefficient (Wildman–Crippen LogP) is 3.13. The molecular weight excluding hydrogens is 351 g/mol. The van der Waals surface area contributed by atoms with Gasteiger partial charge in [0.05, 0.1) is 5.88 Å². The molecule has 6 nitrogen and oxygen atoms in total. The number of nitrogens with zero attached hydrogens (tertiary/aromatic N) is 2. The van der Waals surface area contributed by atoms with E-state index < -0.39 is 15.4 Å². The predicted molar refractivity (Wildman–Crippen MR) is 83.9 cm³/mol. The standard InChI is InChI=1S/C13H12Cl2N2O4S/c1-13(7-14)5-12(17-21-13)22(18,19)6-11-16-9-4-8(15)2-3-10(9)20-11/h2-4H,5-7H2,1H3. The van der Waals surface area contributed by atoms with Gasteiger partial charge in [-0.15, -0.1) is 11.6 Å². The molecule has 0 spiro atoms. The monoisotopic (exact) mass is 362 g/mol. The zero-order valence-electron chi connectivity index (χ0n) is 11.5. The molecule has 0 amide bonds. The smallest absolute Gasteiger partial charge is 0.211 e. The summed E-state index contributed by atoms with van der Waals surface area (Å²) in [5.74, 6) is -0.157. The lowest BCUT2D eigenvalue weighted by atomic mass is 10.1. The minimum absolute atomic E-state index is 0.0454. The molecule has 1 unspecified atom stereocenters. The molecule has 1 aromatic heterocycles. The molecule has 9 heteroatoms. The SMILES string of the molecule is CC1(CCl)CC(S(=O)(=O)Cc2nc3cc(Cl)ccc3o2)=NO1. The van der Waals surface area contributed by atoms with E-state index in [4.69, 9.17) is 32.5 Å². The number of oxime groups is 1. The molecule has 22 heavy (non-hydrogen) atoms. The van der Waals surface area contributed by atoms with Crippen LogP contribution in [0.15, 0.2) is 27.8 Å². The topological polar surface area (TPSA) is 81.8 Å². The molecule has 0 aliphatic carbocycles. The first-order valence-corrected chi connectivity index (χ1v) is 8.97. The Morgan fingerprint density at radius 2 is 2.18 bits per heavy atom. The number of benzene rings is 1. The van der Waals surface area contributed by atoms with Crippen LogP contribution in [0.5, 0.6) is 0 Å². The highest BCUT2D eigenvalue weighted by atomic mass is 35.5. The van der Waals surface area contributed by atoms with Crippen molar-refractivity contribution in [2.75, 3.05) is 5.88 Å². The lowest BCUT2D eigenvalue weighted by Gasteiger charge is -2.16. The van der Waals surface area contributed by atoms with E-state index in [1.54, 1.807) is 25.1 Å². The maximum absolute atomic E-state index is 12.4. The van der Waals surface area contributed by atoms with Crippen LogP contribution in [-0.4, -0.2) is 29.9 Å². The van der Waals surface area contributed by atoms with Crippen molar-refractivity contribution in [3.05, 3.63) is 29.1 Å². The van der Waals surface area contributed by atoms with Crippen molar-refractivity contribution < 1.29 is 17.7 Å². The van der Waals surface area contributed by atoms with Gasteiger partial charge in [0.15, 0.2) is 16.2 Å². The molecule has 2 heterocycles. The number of aromatic nitrogens is 1. The van der Waals surface area contributed by atoms with E-state index in [0.29, 0.717) is 16.1 Å². The molecule has 1 aliphatic rings. The van der Waals surface area contributed by atoms with Gasteiger partial charge in [0.2, 0.25) is 15.7 Å². The third-order valence-corrected chi connectivity index (χ3v) is 5.61. The summed E-state index contributed by atoms with van der Waals surface area (Å²) in [5.41, 5.74) is 0.191. The number of fused-ring (bicyclic) bond motifs is 1. The van der Waals surface area contributed by atoms with Crippen molar-refractivity contribution in [1.29, 1.82) is 0 Å².